The molecule has 0 saturated carbocycles. The van der Waals surface area contributed by atoms with Crippen LogP contribution in [0.15, 0.2) is 94.5 Å². The van der Waals surface area contributed by atoms with Crippen molar-refractivity contribution in [2.45, 2.75) is 24.6 Å². The molecule has 4 rings (SSSR count). The summed E-state index contributed by atoms with van der Waals surface area (Å²) in [6.45, 7) is -0.792. The van der Waals surface area contributed by atoms with Gasteiger partial charge in [-0.1, -0.05) is 72.8 Å². The summed E-state index contributed by atoms with van der Waals surface area (Å²) in [5, 5.41) is 2.31. The van der Waals surface area contributed by atoms with Gasteiger partial charge in [-0.2, -0.15) is 0 Å². The Hall–Kier alpha value is -4.27. The number of aromatic nitrogens is 2. The number of hydrogen-bond acceptors (Lipinski definition) is 6. The third-order valence-electron chi connectivity index (χ3n) is 6.13. The van der Waals surface area contributed by atoms with Crippen molar-refractivity contribution in [3.05, 3.63) is 123 Å². The lowest BCUT2D eigenvalue weighted by Crippen LogP contribution is -2.62. The highest BCUT2D eigenvalue weighted by Gasteiger charge is 2.47. The van der Waals surface area contributed by atoms with Gasteiger partial charge in [0.15, 0.2) is 0 Å². The standard InChI is InChI=1S/C27H25F3N4O6S/c1-41(38,39)33-26(13-12-20(19-10-6-3-7-11-19)14-22(26)40-27(28,29)30)17-31-24(36)21-15-23(35)34(25(37)32-21)16-18-8-4-2-5-9-18/h2-15,22,33H,16-17H2,1H3,(H,31,36)(H,32,37). The fraction of sp³-hybridized carbons (Fsp3) is 0.222. The van der Waals surface area contributed by atoms with Crippen LogP contribution in [0.25, 0.3) is 5.57 Å². The lowest BCUT2D eigenvalue weighted by atomic mass is 9.84. The van der Waals surface area contributed by atoms with Crippen LogP contribution in [0.5, 0.6) is 0 Å². The Labute approximate surface area is 232 Å². The van der Waals surface area contributed by atoms with Gasteiger partial charge in [0.05, 0.1) is 18.3 Å². The van der Waals surface area contributed by atoms with Gasteiger partial charge in [0, 0.05) is 12.6 Å². The van der Waals surface area contributed by atoms with E-state index in [0.29, 0.717) is 16.7 Å². The number of H-pyrrole nitrogens is 1. The number of hydrogen-bond donors (Lipinski definition) is 3. The number of amides is 1. The Morgan fingerprint density at radius 3 is 2.29 bits per heavy atom. The van der Waals surface area contributed by atoms with E-state index in [9.17, 15) is 36.0 Å². The van der Waals surface area contributed by atoms with Crippen molar-refractivity contribution in [2.24, 2.45) is 0 Å². The molecule has 14 heteroatoms. The number of nitrogens with zero attached hydrogens (tertiary/aromatic N) is 1. The van der Waals surface area contributed by atoms with Crippen LogP contribution in [-0.4, -0.2) is 54.7 Å². The predicted molar refractivity (Wildman–Crippen MR) is 144 cm³/mol. The molecule has 216 valence electrons. The first kappa shape index (κ1) is 29.7. The van der Waals surface area contributed by atoms with E-state index in [2.05, 4.69) is 19.8 Å². The van der Waals surface area contributed by atoms with Crippen molar-refractivity contribution in [1.29, 1.82) is 0 Å². The molecule has 1 amide bonds. The Morgan fingerprint density at radius 1 is 1.07 bits per heavy atom. The van der Waals surface area contributed by atoms with Crippen LogP contribution in [0, 0.1) is 0 Å². The second kappa shape index (κ2) is 11.7. The van der Waals surface area contributed by atoms with Crippen LogP contribution in [0.4, 0.5) is 13.2 Å². The number of benzene rings is 2. The van der Waals surface area contributed by atoms with Gasteiger partial charge in [0.25, 0.3) is 11.5 Å². The first-order chi connectivity index (χ1) is 19.2. The van der Waals surface area contributed by atoms with Gasteiger partial charge >= 0.3 is 12.1 Å². The molecule has 3 N–H and O–H groups in total. The van der Waals surface area contributed by atoms with Gasteiger partial charge in [-0.15, -0.1) is 13.2 Å². The SMILES string of the molecule is CS(=O)(=O)NC1(CNC(=O)c2cc(=O)n(Cc3ccccc3)c(=O)[nH]2)C=CC(c2ccccc2)=CC1OC(F)(F)F. The maximum atomic E-state index is 13.5. The summed E-state index contributed by atoms with van der Waals surface area (Å²) in [4.78, 5) is 40.4. The number of rotatable bonds is 9. The second-order valence-electron chi connectivity index (χ2n) is 9.30. The fourth-order valence-electron chi connectivity index (χ4n) is 4.32. The summed E-state index contributed by atoms with van der Waals surface area (Å²) in [5.74, 6) is -1.03. The van der Waals surface area contributed by atoms with E-state index in [0.717, 1.165) is 29.0 Å². The average Bonchev–Trinajstić information content (AvgIpc) is 2.90. The molecule has 41 heavy (non-hydrogen) atoms. The highest BCUT2D eigenvalue weighted by molar-refractivity contribution is 7.88. The van der Waals surface area contributed by atoms with Crippen molar-refractivity contribution in [1.82, 2.24) is 19.6 Å². The molecule has 0 bridgehead atoms. The number of aromatic amines is 1. The third kappa shape index (κ3) is 7.68. The van der Waals surface area contributed by atoms with Gasteiger partial charge in [-0.3, -0.25) is 18.9 Å². The van der Waals surface area contributed by atoms with E-state index < -0.39 is 57.4 Å². The van der Waals surface area contributed by atoms with Crippen LogP contribution >= 0.6 is 0 Å². The molecule has 0 fully saturated rings. The average molecular weight is 591 g/mol. The van der Waals surface area contributed by atoms with E-state index in [4.69, 9.17) is 0 Å². The Kier molecular flexibility index (Phi) is 8.47. The fourth-order valence-corrected chi connectivity index (χ4v) is 5.27. The predicted octanol–water partition coefficient (Wildman–Crippen LogP) is 2.16. The lowest BCUT2D eigenvalue weighted by molar-refractivity contribution is -0.341. The molecule has 10 nitrogen and oxygen atoms in total. The van der Waals surface area contributed by atoms with Gasteiger partial charge in [-0.25, -0.2) is 17.9 Å². The monoisotopic (exact) mass is 590 g/mol. The molecule has 1 aliphatic rings. The summed E-state index contributed by atoms with van der Waals surface area (Å²) in [6, 6.07) is 17.9. The Morgan fingerprint density at radius 2 is 1.71 bits per heavy atom. The van der Waals surface area contributed by atoms with E-state index in [1.807, 2.05) is 0 Å². The Balaban J connectivity index is 1.64. The number of halogens is 3. The molecule has 1 aliphatic carbocycles. The maximum Gasteiger partial charge on any atom is 0.523 e. The van der Waals surface area contributed by atoms with Crippen LogP contribution in [-0.2, 0) is 21.3 Å². The Bertz CT molecular complexity index is 1670. The number of sulfonamides is 1. The normalized spacial score (nSPS) is 19.0. The minimum absolute atomic E-state index is 0.0599. The molecule has 0 radical (unpaired) electrons. The molecule has 0 saturated heterocycles. The third-order valence-corrected chi connectivity index (χ3v) is 6.88. The van der Waals surface area contributed by atoms with Crippen LogP contribution < -0.4 is 21.3 Å². The molecule has 3 aromatic rings. The van der Waals surface area contributed by atoms with Crippen molar-refractivity contribution in [2.75, 3.05) is 12.8 Å². The van der Waals surface area contributed by atoms with Crippen molar-refractivity contribution < 1.29 is 31.1 Å². The van der Waals surface area contributed by atoms with Crippen LogP contribution in [0.3, 0.4) is 0 Å². The van der Waals surface area contributed by atoms with Crippen LogP contribution in [0.1, 0.15) is 21.6 Å². The van der Waals surface area contributed by atoms with E-state index in [-0.39, 0.29) is 6.54 Å². The minimum Gasteiger partial charge on any atom is -0.348 e. The zero-order valence-electron chi connectivity index (χ0n) is 21.5. The highest BCUT2D eigenvalue weighted by atomic mass is 32.2. The summed E-state index contributed by atoms with van der Waals surface area (Å²) in [7, 11) is -4.15. The van der Waals surface area contributed by atoms with Crippen molar-refractivity contribution >= 4 is 21.5 Å². The number of alkyl halides is 3. The van der Waals surface area contributed by atoms with Gasteiger partial charge < -0.3 is 10.3 Å². The minimum atomic E-state index is -5.17. The van der Waals surface area contributed by atoms with E-state index in [1.54, 1.807) is 60.7 Å². The lowest BCUT2D eigenvalue weighted by Gasteiger charge is -2.39. The molecule has 1 heterocycles. The molecular weight excluding hydrogens is 565 g/mol. The number of ether oxygens (including phenoxy) is 1. The molecule has 2 aromatic carbocycles. The number of nitrogens with one attached hydrogen (secondary N) is 3. The highest BCUT2D eigenvalue weighted by Crippen LogP contribution is 2.33. The summed E-state index contributed by atoms with van der Waals surface area (Å²) < 4.78 is 72.3. The smallest absolute Gasteiger partial charge is 0.348 e. The zero-order chi connectivity index (χ0) is 29.8. The van der Waals surface area contributed by atoms with E-state index >= 15 is 0 Å². The summed E-state index contributed by atoms with van der Waals surface area (Å²) >= 11 is 0. The molecule has 0 aliphatic heterocycles. The number of carbonyl (C=O) groups is 1. The molecule has 2 atom stereocenters. The summed E-state index contributed by atoms with van der Waals surface area (Å²) in [6.07, 6.45) is -2.71. The molecular formula is C27H25F3N4O6S. The second-order valence-corrected chi connectivity index (χ2v) is 11.0. The largest absolute Gasteiger partial charge is 0.523 e. The zero-order valence-corrected chi connectivity index (χ0v) is 22.3. The van der Waals surface area contributed by atoms with Crippen molar-refractivity contribution in [3.63, 3.8) is 0 Å². The van der Waals surface area contributed by atoms with E-state index in [1.165, 1.54) is 6.08 Å². The first-order valence-electron chi connectivity index (χ1n) is 12.1. The topological polar surface area (TPSA) is 139 Å². The molecule has 1 aromatic heterocycles. The molecule has 2 unspecified atom stereocenters. The van der Waals surface area contributed by atoms with Gasteiger partial charge in [0.1, 0.15) is 11.8 Å². The number of allylic oxidation sites excluding steroid dienone is 2. The van der Waals surface area contributed by atoms with Gasteiger partial charge in [0.2, 0.25) is 10.0 Å². The quantitative estimate of drug-likeness (QED) is 0.349. The molecule has 0 spiro atoms. The number of carbonyl (C=O) groups excluding carboxylic acids is 1. The summed E-state index contributed by atoms with van der Waals surface area (Å²) in [5.41, 5.74) is -2.74. The maximum absolute atomic E-state index is 13.5. The van der Waals surface area contributed by atoms with Crippen LogP contribution in [0.2, 0.25) is 0 Å². The van der Waals surface area contributed by atoms with Gasteiger partial charge in [-0.05, 0) is 22.8 Å². The first-order valence-corrected chi connectivity index (χ1v) is 14.0. The van der Waals surface area contributed by atoms with Crippen molar-refractivity contribution in [3.8, 4) is 0 Å².